The molecule has 2 N–H and O–H groups in total. The Morgan fingerprint density at radius 1 is 1.53 bits per heavy atom. The van der Waals surface area contributed by atoms with Crippen LogP contribution in [0.25, 0.3) is 0 Å². The largest absolute Gasteiger partial charge is 0.469 e. The van der Waals surface area contributed by atoms with Gasteiger partial charge in [-0.05, 0) is 19.8 Å². The van der Waals surface area contributed by atoms with Crippen molar-refractivity contribution in [1.82, 2.24) is 4.72 Å². The van der Waals surface area contributed by atoms with Gasteiger partial charge in [-0.2, -0.15) is 0 Å². The first-order valence-electron chi connectivity index (χ1n) is 5.63. The van der Waals surface area contributed by atoms with Gasteiger partial charge in [0, 0.05) is 6.54 Å². The summed E-state index contributed by atoms with van der Waals surface area (Å²) in [6, 6.07) is 0. The van der Waals surface area contributed by atoms with Gasteiger partial charge in [-0.15, -0.1) is 0 Å². The van der Waals surface area contributed by atoms with Crippen molar-refractivity contribution in [3.63, 3.8) is 0 Å². The highest BCUT2D eigenvalue weighted by Crippen LogP contribution is 2.31. The van der Waals surface area contributed by atoms with Crippen LogP contribution in [-0.4, -0.2) is 44.5 Å². The van der Waals surface area contributed by atoms with Crippen molar-refractivity contribution < 1.29 is 23.1 Å². The Morgan fingerprint density at radius 2 is 2.18 bits per heavy atom. The van der Waals surface area contributed by atoms with Crippen molar-refractivity contribution in [3.8, 4) is 0 Å². The van der Waals surface area contributed by atoms with Gasteiger partial charge in [-0.1, -0.05) is 6.42 Å². The molecule has 1 aliphatic carbocycles. The Bertz CT molecular complexity index is 365. The maximum Gasteiger partial charge on any atom is 0.310 e. The molecule has 0 aliphatic heterocycles. The van der Waals surface area contributed by atoms with Gasteiger partial charge in [0.1, 0.15) is 0 Å². The smallest absolute Gasteiger partial charge is 0.310 e. The average molecular weight is 265 g/mol. The van der Waals surface area contributed by atoms with Crippen molar-refractivity contribution in [2.24, 2.45) is 5.92 Å². The molecule has 1 aliphatic rings. The third-order valence-corrected chi connectivity index (χ3v) is 4.87. The zero-order valence-electron chi connectivity index (χ0n) is 10.0. The number of rotatable bonds is 5. The Balaban J connectivity index is 2.73. The van der Waals surface area contributed by atoms with E-state index in [1.54, 1.807) is 0 Å². The minimum absolute atomic E-state index is 0.0350. The maximum absolute atomic E-state index is 11.9. The fourth-order valence-corrected chi connectivity index (χ4v) is 3.91. The van der Waals surface area contributed by atoms with Crippen LogP contribution >= 0.6 is 0 Å². The number of sulfonamides is 1. The van der Waals surface area contributed by atoms with Crippen LogP contribution in [0, 0.1) is 5.92 Å². The van der Waals surface area contributed by atoms with Crippen LogP contribution in [0.15, 0.2) is 0 Å². The number of esters is 1. The van der Waals surface area contributed by atoms with E-state index < -0.39 is 33.3 Å². The molecule has 0 saturated heterocycles. The Hall–Kier alpha value is -0.660. The van der Waals surface area contributed by atoms with Gasteiger partial charge in [0.15, 0.2) is 0 Å². The molecule has 0 aromatic carbocycles. The van der Waals surface area contributed by atoms with Gasteiger partial charge in [0.05, 0.1) is 24.4 Å². The second-order valence-corrected chi connectivity index (χ2v) is 6.33. The molecule has 0 spiro atoms. The molecule has 1 saturated carbocycles. The third kappa shape index (κ3) is 3.65. The van der Waals surface area contributed by atoms with Crippen LogP contribution in [0.1, 0.15) is 26.2 Å². The molecule has 3 atom stereocenters. The van der Waals surface area contributed by atoms with Gasteiger partial charge < -0.3 is 9.84 Å². The number of nitrogens with one attached hydrogen (secondary N) is 1. The Morgan fingerprint density at radius 3 is 2.71 bits per heavy atom. The van der Waals surface area contributed by atoms with Gasteiger partial charge in [0.2, 0.25) is 10.0 Å². The van der Waals surface area contributed by atoms with Crippen molar-refractivity contribution in [3.05, 3.63) is 0 Å². The molecule has 1 rings (SSSR count). The van der Waals surface area contributed by atoms with Crippen LogP contribution < -0.4 is 4.72 Å². The molecule has 3 unspecified atom stereocenters. The van der Waals surface area contributed by atoms with Gasteiger partial charge in [-0.25, -0.2) is 13.1 Å². The standard InChI is InChI=1S/C10H19NO5S/c1-7(12)6-11-17(14,15)9-5-3-4-8(9)10(13)16-2/h7-9,11-12H,3-6H2,1-2H3. The van der Waals surface area contributed by atoms with E-state index in [1.807, 2.05) is 0 Å². The summed E-state index contributed by atoms with van der Waals surface area (Å²) in [5.41, 5.74) is 0. The normalized spacial score (nSPS) is 26.8. The fraction of sp³-hybridized carbons (Fsp3) is 0.900. The fourth-order valence-electron chi connectivity index (χ4n) is 2.06. The van der Waals surface area contributed by atoms with Crippen LogP contribution in [-0.2, 0) is 19.6 Å². The monoisotopic (exact) mass is 265 g/mol. The average Bonchev–Trinajstić information content (AvgIpc) is 2.75. The SMILES string of the molecule is COC(=O)C1CCCC1S(=O)(=O)NCC(C)O. The number of hydrogen-bond donors (Lipinski definition) is 2. The summed E-state index contributed by atoms with van der Waals surface area (Å²) in [4.78, 5) is 11.4. The first-order chi connectivity index (χ1) is 7.88. The molecule has 0 bridgehead atoms. The van der Waals surface area contributed by atoms with E-state index in [1.165, 1.54) is 14.0 Å². The third-order valence-electron chi connectivity index (χ3n) is 2.93. The highest BCUT2D eigenvalue weighted by Gasteiger charge is 2.42. The number of ether oxygens (including phenoxy) is 1. The zero-order chi connectivity index (χ0) is 13.1. The molecule has 0 aromatic heterocycles. The maximum atomic E-state index is 11.9. The number of aliphatic hydroxyl groups is 1. The van der Waals surface area contributed by atoms with E-state index in [9.17, 15) is 13.2 Å². The van der Waals surface area contributed by atoms with Crippen molar-refractivity contribution in [1.29, 1.82) is 0 Å². The van der Waals surface area contributed by atoms with Crippen LogP contribution in [0.2, 0.25) is 0 Å². The second-order valence-electron chi connectivity index (χ2n) is 4.34. The summed E-state index contributed by atoms with van der Waals surface area (Å²) in [6.45, 7) is 1.46. The van der Waals surface area contributed by atoms with Crippen LogP contribution in [0.3, 0.4) is 0 Å². The summed E-state index contributed by atoms with van der Waals surface area (Å²) in [7, 11) is -2.31. The summed E-state index contributed by atoms with van der Waals surface area (Å²) in [5.74, 6) is -1.07. The predicted molar refractivity (Wildman–Crippen MR) is 61.7 cm³/mol. The number of carbonyl (C=O) groups is 1. The van der Waals surface area contributed by atoms with Gasteiger partial charge >= 0.3 is 5.97 Å². The Kier molecular flexibility index (Phi) is 4.91. The number of methoxy groups -OCH3 is 1. The number of hydrogen-bond acceptors (Lipinski definition) is 5. The first-order valence-corrected chi connectivity index (χ1v) is 7.17. The molecule has 1 fully saturated rings. The summed E-state index contributed by atoms with van der Waals surface area (Å²) in [5, 5.41) is 8.32. The topological polar surface area (TPSA) is 92.7 Å². The van der Waals surface area contributed by atoms with E-state index in [-0.39, 0.29) is 6.54 Å². The van der Waals surface area contributed by atoms with Crippen molar-refractivity contribution >= 4 is 16.0 Å². The molecule has 100 valence electrons. The Labute approximate surface area is 101 Å². The van der Waals surface area contributed by atoms with Crippen molar-refractivity contribution in [2.75, 3.05) is 13.7 Å². The van der Waals surface area contributed by atoms with Crippen LogP contribution in [0.4, 0.5) is 0 Å². The van der Waals surface area contributed by atoms with E-state index >= 15 is 0 Å². The minimum atomic E-state index is -3.57. The van der Waals surface area contributed by atoms with E-state index in [0.29, 0.717) is 19.3 Å². The highest BCUT2D eigenvalue weighted by atomic mass is 32.2. The number of aliphatic hydroxyl groups excluding tert-OH is 1. The molecule has 6 nitrogen and oxygen atoms in total. The zero-order valence-corrected chi connectivity index (χ0v) is 10.9. The molecule has 7 heteroatoms. The van der Waals surface area contributed by atoms with Crippen molar-refractivity contribution in [2.45, 2.75) is 37.5 Å². The first kappa shape index (κ1) is 14.4. The lowest BCUT2D eigenvalue weighted by atomic mass is 10.1. The summed E-state index contributed by atoms with van der Waals surface area (Å²) in [6.07, 6.45) is 0.935. The second kappa shape index (κ2) is 5.79. The molecule has 0 heterocycles. The molecule has 0 amide bonds. The van der Waals surface area contributed by atoms with Crippen LogP contribution in [0.5, 0.6) is 0 Å². The molecule has 0 radical (unpaired) electrons. The van der Waals surface area contributed by atoms with E-state index in [0.717, 1.165) is 0 Å². The number of carbonyl (C=O) groups excluding carboxylic acids is 1. The lowest BCUT2D eigenvalue weighted by molar-refractivity contribution is -0.145. The summed E-state index contributed by atoms with van der Waals surface area (Å²) < 4.78 is 30.8. The quantitative estimate of drug-likeness (QED) is 0.662. The van der Waals surface area contributed by atoms with E-state index in [2.05, 4.69) is 9.46 Å². The molecular weight excluding hydrogens is 246 g/mol. The van der Waals surface area contributed by atoms with Gasteiger partial charge in [-0.3, -0.25) is 4.79 Å². The predicted octanol–water partition coefficient (Wildman–Crippen LogP) is -0.372. The minimum Gasteiger partial charge on any atom is -0.469 e. The molecule has 0 aromatic rings. The molecular formula is C10H19NO5S. The van der Waals surface area contributed by atoms with E-state index in [4.69, 9.17) is 5.11 Å². The van der Waals surface area contributed by atoms with Gasteiger partial charge in [0.25, 0.3) is 0 Å². The highest BCUT2D eigenvalue weighted by molar-refractivity contribution is 7.90. The summed E-state index contributed by atoms with van der Waals surface area (Å²) >= 11 is 0. The molecule has 17 heavy (non-hydrogen) atoms. The lowest BCUT2D eigenvalue weighted by Crippen LogP contribution is -2.41. The lowest BCUT2D eigenvalue weighted by Gasteiger charge is -2.19.